The third-order valence-corrected chi connectivity index (χ3v) is 2.31. The minimum absolute atomic E-state index is 0.0801. The van der Waals surface area contributed by atoms with Gasteiger partial charge in [-0.2, -0.15) is 13.2 Å². The smallest absolute Gasteiger partial charge is 0.388 e. The van der Waals surface area contributed by atoms with Crippen molar-refractivity contribution in [3.8, 4) is 0 Å². The van der Waals surface area contributed by atoms with Crippen LogP contribution in [0.2, 0.25) is 0 Å². The minimum Gasteiger partial charge on any atom is -0.388 e. The Morgan fingerprint density at radius 2 is 1.88 bits per heavy atom. The number of nitrogens with two attached hydrogens (primary N) is 1. The molecule has 1 aromatic carbocycles. The lowest BCUT2D eigenvalue weighted by atomic mass is 9.99. The Kier molecular flexibility index (Phi) is 4.32. The lowest BCUT2D eigenvalue weighted by Crippen LogP contribution is -2.12. The summed E-state index contributed by atoms with van der Waals surface area (Å²) in [5.74, 6) is 0. The topological polar surface area (TPSA) is 46.2 Å². The third kappa shape index (κ3) is 3.21. The van der Waals surface area contributed by atoms with E-state index in [-0.39, 0.29) is 12.0 Å². The maximum absolute atomic E-state index is 12.6. The molecule has 5 heteroatoms. The van der Waals surface area contributed by atoms with E-state index in [0.717, 1.165) is 6.07 Å². The Labute approximate surface area is 91.9 Å². The molecule has 2 nitrogen and oxygen atoms in total. The summed E-state index contributed by atoms with van der Waals surface area (Å²) in [4.78, 5) is 0. The SMILES string of the molecule is NCCCC(O)c1ccccc1C(F)(F)F. The van der Waals surface area contributed by atoms with Crippen molar-refractivity contribution in [3.63, 3.8) is 0 Å². The molecule has 0 radical (unpaired) electrons. The van der Waals surface area contributed by atoms with Gasteiger partial charge in [-0.1, -0.05) is 18.2 Å². The minimum atomic E-state index is -4.43. The fraction of sp³-hybridized carbons (Fsp3) is 0.455. The molecule has 0 saturated heterocycles. The van der Waals surface area contributed by atoms with Gasteiger partial charge in [-0.05, 0) is 31.0 Å². The Balaban J connectivity index is 2.94. The highest BCUT2D eigenvalue weighted by molar-refractivity contribution is 5.31. The van der Waals surface area contributed by atoms with Crippen LogP contribution in [0.1, 0.15) is 30.1 Å². The maximum atomic E-state index is 12.6. The molecule has 90 valence electrons. The summed E-state index contributed by atoms with van der Waals surface area (Å²) in [5, 5.41) is 9.64. The van der Waals surface area contributed by atoms with Crippen molar-refractivity contribution in [2.45, 2.75) is 25.1 Å². The van der Waals surface area contributed by atoms with Crippen LogP contribution in [0.3, 0.4) is 0 Å². The van der Waals surface area contributed by atoms with Crippen LogP contribution >= 0.6 is 0 Å². The zero-order chi connectivity index (χ0) is 12.2. The number of rotatable bonds is 4. The number of aliphatic hydroxyl groups excluding tert-OH is 1. The van der Waals surface area contributed by atoms with Crippen LogP contribution in [0, 0.1) is 0 Å². The highest BCUT2D eigenvalue weighted by atomic mass is 19.4. The Hall–Kier alpha value is -1.07. The van der Waals surface area contributed by atoms with Crippen LogP contribution in [0.4, 0.5) is 13.2 Å². The Morgan fingerprint density at radius 3 is 2.44 bits per heavy atom. The molecular formula is C11H14F3NO. The van der Waals surface area contributed by atoms with Gasteiger partial charge in [-0.3, -0.25) is 0 Å². The highest BCUT2D eigenvalue weighted by Gasteiger charge is 2.34. The molecule has 0 aliphatic carbocycles. The third-order valence-electron chi connectivity index (χ3n) is 2.31. The molecule has 0 aliphatic rings. The van der Waals surface area contributed by atoms with E-state index in [2.05, 4.69) is 0 Å². The first kappa shape index (κ1) is 13.0. The maximum Gasteiger partial charge on any atom is 0.416 e. The molecule has 0 aromatic heterocycles. The van der Waals surface area contributed by atoms with E-state index < -0.39 is 17.8 Å². The average molecular weight is 233 g/mol. The fourth-order valence-electron chi connectivity index (χ4n) is 1.51. The van der Waals surface area contributed by atoms with Crippen molar-refractivity contribution < 1.29 is 18.3 Å². The summed E-state index contributed by atoms with van der Waals surface area (Å²) in [5.41, 5.74) is 4.39. The van der Waals surface area contributed by atoms with Crippen molar-refractivity contribution in [1.82, 2.24) is 0 Å². The normalized spacial score (nSPS) is 13.8. The zero-order valence-corrected chi connectivity index (χ0v) is 8.67. The van der Waals surface area contributed by atoms with Crippen LogP contribution in [-0.2, 0) is 6.18 Å². The Bertz CT molecular complexity index is 338. The average Bonchev–Trinajstić information content (AvgIpc) is 2.24. The van der Waals surface area contributed by atoms with Crippen molar-refractivity contribution in [1.29, 1.82) is 0 Å². The second-order valence-electron chi connectivity index (χ2n) is 3.53. The van der Waals surface area contributed by atoms with Gasteiger partial charge in [0.15, 0.2) is 0 Å². The van der Waals surface area contributed by atoms with Crippen LogP contribution < -0.4 is 5.73 Å². The van der Waals surface area contributed by atoms with Crippen LogP contribution in [0.15, 0.2) is 24.3 Å². The summed E-state index contributed by atoms with van der Waals surface area (Å²) >= 11 is 0. The summed E-state index contributed by atoms with van der Waals surface area (Å²) in [6, 6.07) is 5.06. The molecule has 0 amide bonds. The number of hydrogen-bond donors (Lipinski definition) is 2. The molecule has 0 spiro atoms. The van der Waals surface area contributed by atoms with Gasteiger partial charge in [-0.15, -0.1) is 0 Å². The van der Waals surface area contributed by atoms with Gasteiger partial charge in [0, 0.05) is 0 Å². The number of hydrogen-bond acceptors (Lipinski definition) is 2. The lowest BCUT2D eigenvalue weighted by Gasteiger charge is -2.17. The quantitative estimate of drug-likeness (QED) is 0.839. The molecule has 3 N–H and O–H groups in total. The standard InChI is InChI=1S/C11H14F3NO/c12-11(13,14)9-5-2-1-4-8(9)10(16)6-3-7-15/h1-2,4-5,10,16H,3,6-7,15H2. The lowest BCUT2D eigenvalue weighted by molar-refractivity contribution is -0.139. The second kappa shape index (κ2) is 5.32. The van der Waals surface area contributed by atoms with E-state index in [9.17, 15) is 18.3 Å². The molecule has 0 bridgehead atoms. The van der Waals surface area contributed by atoms with E-state index in [1.807, 2.05) is 0 Å². The van der Waals surface area contributed by atoms with Gasteiger partial charge in [0.2, 0.25) is 0 Å². The molecular weight excluding hydrogens is 219 g/mol. The van der Waals surface area contributed by atoms with Crippen molar-refractivity contribution in [2.24, 2.45) is 5.73 Å². The predicted octanol–water partition coefficient (Wildman–Crippen LogP) is 2.48. The van der Waals surface area contributed by atoms with Crippen molar-refractivity contribution in [2.75, 3.05) is 6.54 Å². The number of alkyl halides is 3. The molecule has 1 atom stereocenters. The van der Waals surface area contributed by atoms with E-state index in [1.165, 1.54) is 18.2 Å². The Morgan fingerprint density at radius 1 is 1.25 bits per heavy atom. The fourth-order valence-corrected chi connectivity index (χ4v) is 1.51. The molecule has 0 aliphatic heterocycles. The summed E-state index contributed by atoms with van der Waals surface area (Å²) in [7, 11) is 0. The predicted molar refractivity (Wildman–Crippen MR) is 54.7 cm³/mol. The van der Waals surface area contributed by atoms with Gasteiger partial charge in [0.1, 0.15) is 0 Å². The van der Waals surface area contributed by atoms with Crippen molar-refractivity contribution >= 4 is 0 Å². The number of aliphatic hydroxyl groups is 1. The van der Waals surface area contributed by atoms with E-state index >= 15 is 0 Å². The first-order chi connectivity index (χ1) is 7.46. The number of halogens is 3. The first-order valence-electron chi connectivity index (χ1n) is 5.01. The van der Waals surface area contributed by atoms with Crippen molar-refractivity contribution in [3.05, 3.63) is 35.4 Å². The second-order valence-corrected chi connectivity index (χ2v) is 3.53. The van der Waals surface area contributed by atoms with Gasteiger partial charge >= 0.3 is 6.18 Å². The number of benzene rings is 1. The van der Waals surface area contributed by atoms with Crippen LogP contribution in [-0.4, -0.2) is 11.7 Å². The van der Waals surface area contributed by atoms with E-state index in [0.29, 0.717) is 13.0 Å². The van der Waals surface area contributed by atoms with E-state index in [1.54, 1.807) is 0 Å². The summed E-state index contributed by atoms with van der Waals surface area (Å²) in [6.07, 6.45) is -4.81. The summed E-state index contributed by atoms with van der Waals surface area (Å²) < 4.78 is 37.8. The van der Waals surface area contributed by atoms with Gasteiger partial charge in [-0.25, -0.2) is 0 Å². The highest BCUT2D eigenvalue weighted by Crippen LogP contribution is 2.35. The molecule has 1 aromatic rings. The molecule has 1 rings (SSSR count). The molecule has 16 heavy (non-hydrogen) atoms. The van der Waals surface area contributed by atoms with Gasteiger partial charge < -0.3 is 10.8 Å². The first-order valence-corrected chi connectivity index (χ1v) is 5.01. The summed E-state index contributed by atoms with van der Waals surface area (Å²) in [6.45, 7) is 0.352. The molecule has 0 fully saturated rings. The zero-order valence-electron chi connectivity index (χ0n) is 8.67. The monoisotopic (exact) mass is 233 g/mol. The largest absolute Gasteiger partial charge is 0.416 e. The van der Waals surface area contributed by atoms with Crippen LogP contribution in [0.5, 0.6) is 0 Å². The van der Waals surface area contributed by atoms with Gasteiger partial charge in [0.25, 0.3) is 0 Å². The molecule has 0 heterocycles. The van der Waals surface area contributed by atoms with Crippen LogP contribution in [0.25, 0.3) is 0 Å². The van der Waals surface area contributed by atoms with E-state index in [4.69, 9.17) is 5.73 Å². The molecule has 1 unspecified atom stereocenters. The van der Waals surface area contributed by atoms with Gasteiger partial charge in [0.05, 0.1) is 11.7 Å². The molecule has 0 saturated carbocycles.